The van der Waals surface area contributed by atoms with Gasteiger partial charge in [0.15, 0.2) is 0 Å². The minimum Gasteiger partial charge on any atom is -0.465 e. The Bertz CT molecular complexity index is 1030. The smallest absolute Gasteiger partial charge is 0.405 e. The van der Waals surface area contributed by atoms with E-state index in [-0.39, 0.29) is 11.5 Å². The van der Waals surface area contributed by atoms with Gasteiger partial charge in [0.2, 0.25) is 0 Å². The summed E-state index contributed by atoms with van der Waals surface area (Å²) < 4.78 is 14.8. The molecule has 25 heavy (non-hydrogen) atoms. The van der Waals surface area contributed by atoms with Crippen molar-refractivity contribution in [1.29, 1.82) is 0 Å². The summed E-state index contributed by atoms with van der Waals surface area (Å²) in [5, 5.41) is 11.6. The molecule has 0 radical (unpaired) electrons. The predicted molar refractivity (Wildman–Crippen MR) is 89.4 cm³/mol. The van der Waals surface area contributed by atoms with Crippen molar-refractivity contribution >= 4 is 17.0 Å². The Balaban J connectivity index is 2.38. The molecule has 3 aromatic rings. The summed E-state index contributed by atoms with van der Waals surface area (Å²) in [6.07, 6.45) is 1.09. The number of hydrogen-bond acceptors (Lipinski definition) is 4. The van der Waals surface area contributed by atoms with Gasteiger partial charge >= 0.3 is 6.09 Å². The number of pyridine rings is 1. The van der Waals surface area contributed by atoms with Crippen molar-refractivity contribution < 1.29 is 14.3 Å². The van der Waals surface area contributed by atoms with Crippen molar-refractivity contribution in [2.45, 2.75) is 19.9 Å². The zero-order chi connectivity index (χ0) is 18.1. The number of carboxylic acid groups (broad SMARTS) is 1. The number of carbonyl (C=O) groups is 1. The van der Waals surface area contributed by atoms with E-state index in [4.69, 9.17) is 5.11 Å². The molecule has 0 aliphatic rings. The van der Waals surface area contributed by atoms with Crippen LogP contribution in [0.1, 0.15) is 24.4 Å². The van der Waals surface area contributed by atoms with Crippen molar-refractivity contribution in [3.8, 4) is 5.69 Å². The van der Waals surface area contributed by atoms with Crippen LogP contribution in [0.25, 0.3) is 16.6 Å². The van der Waals surface area contributed by atoms with Gasteiger partial charge in [0, 0.05) is 6.07 Å². The quantitative estimate of drug-likeness (QED) is 0.762. The van der Waals surface area contributed by atoms with Crippen LogP contribution in [0.5, 0.6) is 0 Å². The van der Waals surface area contributed by atoms with E-state index in [2.05, 4.69) is 15.3 Å². The third-order valence-corrected chi connectivity index (χ3v) is 3.81. The van der Waals surface area contributed by atoms with Crippen LogP contribution in [-0.2, 0) is 0 Å². The van der Waals surface area contributed by atoms with Crippen LogP contribution >= 0.6 is 0 Å². The number of nitrogens with zero attached hydrogens (tertiary/aromatic N) is 3. The fourth-order valence-corrected chi connectivity index (χ4v) is 2.73. The molecule has 0 spiro atoms. The number of benzene rings is 1. The molecule has 1 amide bonds. The lowest BCUT2D eigenvalue weighted by Crippen LogP contribution is -2.32. The Hall–Kier alpha value is -3.29. The second-order valence-electron chi connectivity index (χ2n) is 5.61. The number of aryl methyl sites for hydroxylation is 1. The molecule has 0 saturated heterocycles. The Morgan fingerprint density at radius 1 is 1.36 bits per heavy atom. The number of hydrogen-bond donors (Lipinski definition) is 2. The van der Waals surface area contributed by atoms with Gasteiger partial charge in [-0.05, 0) is 25.5 Å². The highest BCUT2D eigenvalue weighted by molar-refractivity contribution is 5.81. The first-order chi connectivity index (χ1) is 11.9. The molecule has 7 nitrogen and oxygen atoms in total. The summed E-state index contributed by atoms with van der Waals surface area (Å²) >= 11 is 0. The summed E-state index contributed by atoms with van der Waals surface area (Å²) in [7, 11) is 0. The van der Waals surface area contributed by atoms with Gasteiger partial charge in [0.25, 0.3) is 5.56 Å². The van der Waals surface area contributed by atoms with Gasteiger partial charge in [-0.2, -0.15) is 0 Å². The molecular formula is C17H15FN4O3. The van der Waals surface area contributed by atoms with Gasteiger partial charge in [0.05, 0.1) is 35.0 Å². The van der Waals surface area contributed by atoms with Crippen LogP contribution in [0.2, 0.25) is 0 Å². The molecule has 8 heteroatoms. The topological polar surface area (TPSA) is 97.1 Å². The van der Waals surface area contributed by atoms with E-state index in [0.717, 1.165) is 17.8 Å². The number of aromatic nitrogens is 3. The first kappa shape index (κ1) is 16.6. The number of halogens is 1. The molecule has 0 bridgehead atoms. The fraction of sp³-hybridized carbons (Fsp3) is 0.176. The van der Waals surface area contributed by atoms with E-state index in [1.54, 1.807) is 32.0 Å². The standard InChI is InChI=1S/C17H15FN4O3/c1-9-4-3-5-13-14(9)16(23)22(12-6-11(18)7-19-8-12)15(21-13)10(2)20-17(24)25/h3-8,10,20H,1-2H3,(H,24,25). The highest BCUT2D eigenvalue weighted by Crippen LogP contribution is 2.19. The molecule has 128 valence electrons. The number of nitrogens with one attached hydrogen (secondary N) is 1. The molecule has 0 aliphatic heterocycles. The minimum atomic E-state index is -1.25. The first-order valence-electron chi connectivity index (χ1n) is 7.51. The molecule has 2 aromatic heterocycles. The van der Waals surface area contributed by atoms with Gasteiger partial charge < -0.3 is 10.4 Å². The highest BCUT2D eigenvalue weighted by atomic mass is 19.1. The maximum atomic E-state index is 13.6. The molecule has 0 fully saturated rings. The maximum Gasteiger partial charge on any atom is 0.405 e. The average molecular weight is 342 g/mol. The van der Waals surface area contributed by atoms with E-state index in [0.29, 0.717) is 10.9 Å². The van der Waals surface area contributed by atoms with Gasteiger partial charge in [-0.3, -0.25) is 14.3 Å². The van der Waals surface area contributed by atoms with Gasteiger partial charge in [-0.15, -0.1) is 0 Å². The molecular weight excluding hydrogens is 327 g/mol. The Morgan fingerprint density at radius 2 is 2.12 bits per heavy atom. The van der Waals surface area contributed by atoms with Crippen LogP contribution in [0, 0.1) is 12.7 Å². The highest BCUT2D eigenvalue weighted by Gasteiger charge is 2.20. The summed E-state index contributed by atoms with van der Waals surface area (Å²) in [4.78, 5) is 32.3. The summed E-state index contributed by atoms with van der Waals surface area (Å²) in [5.41, 5.74) is 0.930. The van der Waals surface area contributed by atoms with Gasteiger partial charge in [0.1, 0.15) is 11.6 Å². The average Bonchev–Trinajstić information content (AvgIpc) is 2.53. The van der Waals surface area contributed by atoms with E-state index >= 15 is 0 Å². The van der Waals surface area contributed by atoms with Crippen LogP contribution in [0.3, 0.4) is 0 Å². The van der Waals surface area contributed by atoms with Crippen molar-refractivity contribution in [2.24, 2.45) is 0 Å². The lowest BCUT2D eigenvalue weighted by atomic mass is 10.1. The largest absolute Gasteiger partial charge is 0.465 e. The van der Waals surface area contributed by atoms with Crippen LogP contribution in [-0.4, -0.2) is 25.7 Å². The normalized spacial score (nSPS) is 12.1. The molecule has 1 aromatic carbocycles. The SMILES string of the molecule is Cc1cccc2nc(C(C)NC(=O)O)n(-c3cncc(F)c3)c(=O)c12. The van der Waals surface area contributed by atoms with E-state index in [1.807, 2.05) is 0 Å². The first-order valence-corrected chi connectivity index (χ1v) is 7.51. The molecule has 1 unspecified atom stereocenters. The second kappa shape index (κ2) is 6.31. The number of amides is 1. The summed E-state index contributed by atoms with van der Waals surface area (Å²) in [6.45, 7) is 3.33. The third kappa shape index (κ3) is 3.06. The Labute approximate surface area is 141 Å². The molecule has 2 heterocycles. The molecule has 0 saturated carbocycles. The number of rotatable bonds is 3. The van der Waals surface area contributed by atoms with Crippen LogP contribution in [0.4, 0.5) is 9.18 Å². The van der Waals surface area contributed by atoms with E-state index in [1.165, 1.54) is 10.8 Å². The Kier molecular flexibility index (Phi) is 4.18. The summed E-state index contributed by atoms with van der Waals surface area (Å²) in [5.74, 6) is -0.461. The Morgan fingerprint density at radius 3 is 2.80 bits per heavy atom. The zero-order valence-electron chi connectivity index (χ0n) is 13.5. The molecule has 0 aliphatic carbocycles. The van der Waals surface area contributed by atoms with E-state index in [9.17, 15) is 14.0 Å². The number of fused-ring (bicyclic) bond motifs is 1. The van der Waals surface area contributed by atoms with Gasteiger partial charge in [-0.25, -0.2) is 14.2 Å². The van der Waals surface area contributed by atoms with Crippen molar-refractivity contribution in [1.82, 2.24) is 19.9 Å². The van der Waals surface area contributed by atoms with E-state index < -0.39 is 23.5 Å². The maximum absolute atomic E-state index is 13.6. The fourth-order valence-electron chi connectivity index (χ4n) is 2.73. The second-order valence-corrected chi connectivity index (χ2v) is 5.61. The molecule has 2 N–H and O–H groups in total. The van der Waals surface area contributed by atoms with Crippen molar-refractivity contribution in [3.63, 3.8) is 0 Å². The molecule has 1 atom stereocenters. The van der Waals surface area contributed by atoms with Crippen molar-refractivity contribution in [3.05, 3.63) is 64.2 Å². The minimum absolute atomic E-state index is 0.151. The zero-order valence-corrected chi connectivity index (χ0v) is 13.5. The summed E-state index contributed by atoms with van der Waals surface area (Å²) in [6, 6.07) is 5.57. The van der Waals surface area contributed by atoms with Crippen LogP contribution < -0.4 is 10.9 Å². The van der Waals surface area contributed by atoms with Gasteiger partial charge in [-0.1, -0.05) is 12.1 Å². The third-order valence-electron chi connectivity index (χ3n) is 3.81. The molecule has 3 rings (SSSR count). The van der Waals surface area contributed by atoms with Crippen molar-refractivity contribution in [2.75, 3.05) is 0 Å². The van der Waals surface area contributed by atoms with Crippen LogP contribution in [0.15, 0.2) is 41.5 Å². The monoisotopic (exact) mass is 342 g/mol. The lowest BCUT2D eigenvalue weighted by Gasteiger charge is -2.18. The lowest BCUT2D eigenvalue weighted by molar-refractivity contribution is 0.190. The predicted octanol–water partition coefficient (Wildman–Crippen LogP) is 2.56.